The fraction of sp³-hybridized carbons (Fsp3) is 0.524. The molecule has 2 rings (SSSR count). The van der Waals surface area contributed by atoms with Crippen LogP contribution in [-0.4, -0.2) is 22.3 Å². The summed E-state index contributed by atoms with van der Waals surface area (Å²) in [6, 6.07) is 5.99. The second-order valence-corrected chi connectivity index (χ2v) is 9.09. The van der Waals surface area contributed by atoms with Crippen molar-refractivity contribution in [1.29, 1.82) is 0 Å². The van der Waals surface area contributed by atoms with Crippen LogP contribution in [-0.2, 0) is 11.8 Å². The Morgan fingerprint density at radius 1 is 1.27 bits per heavy atom. The van der Waals surface area contributed by atoms with Crippen molar-refractivity contribution in [2.24, 2.45) is 5.92 Å². The fourth-order valence-corrected chi connectivity index (χ4v) is 3.40. The largest absolute Gasteiger partial charge is 0.483 e. The van der Waals surface area contributed by atoms with E-state index < -0.39 is 0 Å². The van der Waals surface area contributed by atoms with Gasteiger partial charge in [-0.2, -0.15) is 5.10 Å². The zero-order valence-electron chi connectivity index (χ0n) is 16.8. The average molecular weight is 421 g/mol. The number of aromatic nitrogens is 2. The van der Waals surface area contributed by atoms with Crippen LogP contribution >= 0.6 is 15.9 Å². The van der Waals surface area contributed by atoms with Crippen molar-refractivity contribution in [1.82, 2.24) is 9.78 Å². The molecule has 0 bridgehead atoms. The molecule has 2 aromatic rings. The van der Waals surface area contributed by atoms with Crippen molar-refractivity contribution in [3.63, 3.8) is 0 Å². The Kier molecular flexibility index (Phi) is 6.33. The predicted octanol–water partition coefficient (Wildman–Crippen LogP) is 5.48. The lowest BCUT2D eigenvalue weighted by atomic mass is 9.87. The predicted molar refractivity (Wildman–Crippen MR) is 109 cm³/mol. The maximum absolute atomic E-state index is 12.6. The molecule has 26 heavy (non-hydrogen) atoms. The zero-order chi connectivity index (χ0) is 19.6. The van der Waals surface area contributed by atoms with E-state index in [4.69, 9.17) is 4.74 Å². The molecule has 0 atom stereocenters. The molecule has 0 spiro atoms. The molecule has 4 nitrogen and oxygen atoms in total. The highest BCUT2D eigenvalue weighted by Gasteiger charge is 2.19. The number of carbonyl (C=O) groups is 1. The third-order valence-corrected chi connectivity index (χ3v) is 5.06. The van der Waals surface area contributed by atoms with Crippen molar-refractivity contribution in [2.45, 2.75) is 60.3 Å². The van der Waals surface area contributed by atoms with Crippen molar-refractivity contribution < 1.29 is 9.53 Å². The van der Waals surface area contributed by atoms with E-state index in [2.05, 4.69) is 55.6 Å². The monoisotopic (exact) mass is 420 g/mol. The summed E-state index contributed by atoms with van der Waals surface area (Å²) in [5.74, 6) is 1.02. The van der Waals surface area contributed by atoms with Gasteiger partial charge in [0, 0.05) is 5.69 Å². The topological polar surface area (TPSA) is 44.1 Å². The molecule has 1 aromatic heterocycles. The fourth-order valence-electron chi connectivity index (χ4n) is 2.91. The first-order valence-electron chi connectivity index (χ1n) is 9.01. The van der Waals surface area contributed by atoms with Gasteiger partial charge in [0.25, 0.3) is 5.91 Å². The summed E-state index contributed by atoms with van der Waals surface area (Å²) < 4.78 is 8.08. The molecule has 0 aliphatic carbocycles. The van der Waals surface area contributed by atoms with E-state index in [1.165, 1.54) is 10.2 Å². The molecule has 0 aliphatic rings. The van der Waals surface area contributed by atoms with Gasteiger partial charge in [-0.1, -0.05) is 40.7 Å². The number of halogens is 1. The molecule has 142 valence electrons. The number of ether oxygens (including phenoxy) is 1. The highest BCUT2D eigenvalue weighted by atomic mass is 79.9. The molecule has 0 saturated carbocycles. The number of hydrogen-bond acceptors (Lipinski definition) is 3. The lowest BCUT2D eigenvalue weighted by Gasteiger charge is -2.20. The van der Waals surface area contributed by atoms with E-state index in [-0.39, 0.29) is 17.9 Å². The standard InChI is InChI=1S/C21H29BrN2O2/c1-13(2)10-17-14(3)23-24(15(17)4)20(25)12-26-19-9-8-16(11-18(19)22)21(5,6)7/h8-9,11,13H,10,12H2,1-7H3. The number of benzene rings is 1. The summed E-state index contributed by atoms with van der Waals surface area (Å²) in [5.41, 5.74) is 4.25. The Hall–Kier alpha value is -1.62. The third kappa shape index (κ3) is 4.76. The van der Waals surface area contributed by atoms with Crippen LogP contribution < -0.4 is 4.74 Å². The lowest BCUT2D eigenvalue weighted by molar-refractivity contribution is 0.0817. The number of rotatable bonds is 5. The van der Waals surface area contributed by atoms with Crippen LogP contribution in [0.5, 0.6) is 5.75 Å². The Morgan fingerprint density at radius 3 is 2.46 bits per heavy atom. The molecular weight excluding hydrogens is 392 g/mol. The van der Waals surface area contributed by atoms with Crippen molar-refractivity contribution in [3.8, 4) is 5.75 Å². The Bertz CT molecular complexity index is 801. The van der Waals surface area contributed by atoms with Crippen LogP contribution in [0.3, 0.4) is 0 Å². The smallest absolute Gasteiger partial charge is 0.284 e. The van der Waals surface area contributed by atoms with E-state index in [0.717, 1.165) is 27.8 Å². The van der Waals surface area contributed by atoms with Gasteiger partial charge in [-0.15, -0.1) is 0 Å². The van der Waals surface area contributed by atoms with Gasteiger partial charge in [-0.3, -0.25) is 4.79 Å². The Morgan fingerprint density at radius 2 is 1.92 bits per heavy atom. The molecule has 0 fully saturated rings. The number of nitrogens with zero attached hydrogens (tertiary/aromatic N) is 2. The summed E-state index contributed by atoms with van der Waals surface area (Å²) in [5, 5.41) is 4.42. The summed E-state index contributed by atoms with van der Waals surface area (Å²) in [7, 11) is 0. The van der Waals surface area contributed by atoms with Crippen LogP contribution in [0.4, 0.5) is 0 Å². The molecule has 0 N–H and O–H groups in total. The van der Waals surface area contributed by atoms with Gasteiger partial charge in [0.2, 0.25) is 0 Å². The molecule has 0 aliphatic heterocycles. The maximum Gasteiger partial charge on any atom is 0.284 e. The Balaban J connectivity index is 2.12. The number of hydrogen-bond donors (Lipinski definition) is 0. The molecule has 0 saturated heterocycles. The lowest BCUT2D eigenvalue weighted by Crippen LogP contribution is -2.22. The minimum atomic E-state index is -0.160. The summed E-state index contributed by atoms with van der Waals surface area (Å²) in [6.45, 7) is 14.7. The first kappa shape index (κ1) is 20.7. The van der Waals surface area contributed by atoms with E-state index in [0.29, 0.717) is 11.7 Å². The summed E-state index contributed by atoms with van der Waals surface area (Å²) in [6.07, 6.45) is 0.922. The SMILES string of the molecule is Cc1nn(C(=O)COc2ccc(C(C)(C)C)cc2Br)c(C)c1CC(C)C. The van der Waals surface area contributed by atoms with Crippen molar-refractivity contribution in [3.05, 3.63) is 45.2 Å². The molecule has 0 radical (unpaired) electrons. The molecule has 0 amide bonds. The summed E-state index contributed by atoms with van der Waals surface area (Å²) in [4.78, 5) is 12.6. The van der Waals surface area contributed by atoms with Crippen LogP contribution in [0.15, 0.2) is 22.7 Å². The Labute approximate surface area is 165 Å². The minimum absolute atomic E-state index is 0.0451. The molecule has 5 heteroatoms. The van der Waals surface area contributed by atoms with Crippen molar-refractivity contribution in [2.75, 3.05) is 6.61 Å². The molecule has 1 heterocycles. The average Bonchev–Trinajstić information content (AvgIpc) is 2.80. The van der Waals surface area contributed by atoms with Gasteiger partial charge in [-0.05, 0) is 70.8 Å². The number of aryl methyl sites for hydroxylation is 1. The molecular formula is C21H29BrN2O2. The van der Waals surface area contributed by atoms with E-state index in [9.17, 15) is 4.79 Å². The van der Waals surface area contributed by atoms with Crippen LogP contribution in [0.2, 0.25) is 0 Å². The minimum Gasteiger partial charge on any atom is -0.483 e. The van der Waals surface area contributed by atoms with Gasteiger partial charge >= 0.3 is 0 Å². The van der Waals surface area contributed by atoms with E-state index in [1.807, 2.05) is 32.0 Å². The van der Waals surface area contributed by atoms with E-state index in [1.54, 1.807) is 0 Å². The zero-order valence-corrected chi connectivity index (χ0v) is 18.4. The van der Waals surface area contributed by atoms with Crippen LogP contribution in [0.1, 0.15) is 61.9 Å². The van der Waals surface area contributed by atoms with Crippen molar-refractivity contribution >= 4 is 21.8 Å². The highest BCUT2D eigenvalue weighted by Crippen LogP contribution is 2.31. The molecule has 1 aromatic carbocycles. The molecule has 0 unspecified atom stereocenters. The normalized spacial score (nSPS) is 11.9. The summed E-state index contributed by atoms with van der Waals surface area (Å²) >= 11 is 3.54. The van der Waals surface area contributed by atoms with Gasteiger partial charge in [-0.25, -0.2) is 4.68 Å². The van der Waals surface area contributed by atoms with Gasteiger partial charge in [0.1, 0.15) is 5.75 Å². The van der Waals surface area contributed by atoms with Gasteiger partial charge in [0.15, 0.2) is 6.61 Å². The second-order valence-electron chi connectivity index (χ2n) is 8.24. The van der Waals surface area contributed by atoms with Crippen LogP contribution in [0.25, 0.3) is 0 Å². The maximum atomic E-state index is 12.6. The van der Waals surface area contributed by atoms with E-state index >= 15 is 0 Å². The first-order chi connectivity index (χ1) is 12.0. The number of carbonyl (C=O) groups excluding carboxylic acids is 1. The quantitative estimate of drug-likeness (QED) is 0.642. The first-order valence-corrected chi connectivity index (χ1v) is 9.81. The second kappa shape index (κ2) is 7.95. The van der Waals surface area contributed by atoms with Gasteiger partial charge < -0.3 is 4.74 Å². The third-order valence-electron chi connectivity index (χ3n) is 4.44. The van der Waals surface area contributed by atoms with Gasteiger partial charge in [0.05, 0.1) is 10.2 Å². The van der Waals surface area contributed by atoms with Crippen LogP contribution in [0, 0.1) is 19.8 Å². The highest BCUT2D eigenvalue weighted by molar-refractivity contribution is 9.10.